The van der Waals surface area contributed by atoms with Crippen molar-refractivity contribution in [1.29, 1.82) is 0 Å². The first-order valence-electron chi connectivity index (χ1n) is 5.84. The topological polar surface area (TPSA) is 49.7 Å². The highest BCUT2D eigenvalue weighted by Gasteiger charge is 2.40. The van der Waals surface area contributed by atoms with Gasteiger partial charge in [0.25, 0.3) is 0 Å². The molecule has 0 aliphatic heterocycles. The molecular formula is C11H24BClO3. The quantitative estimate of drug-likeness (QED) is 0.539. The average molecular weight is 251 g/mol. The second kappa shape index (κ2) is 6.24. The Kier molecular flexibility index (Phi) is 6.34. The van der Waals surface area contributed by atoms with Crippen LogP contribution in [0.15, 0.2) is 0 Å². The molecule has 1 unspecified atom stereocenters. The van der Waals surface area contributed by atoms with Gasteiger partial charge in [0.05, 0.1) is 16.5 Å². The van der Waals surface area contributed by atoms with Gasteiger partial charge in [0.2, 0.25) is 0 Å². The number of alkyl halides is 1. The maximum absolute atomic E-state index is 9.87. The summed E-state index contributed by atoms with van der Waals surface area (Å²) in [6, 6.07) is 0. The van der Waals surface area contributed by atoms with Gasteiger partial charge in [0.15, 0.2) is 0 Å². The molecule has 96 valence electrons. The molecule has 5 heteroatoms. The SMILES string of the molecule is CCCCC(Cl)B(O)OC(C)(C)C(C)(C)O. The first-order chi connectivity index (χ1) is 7.12. The van der Waals surface area contributed by atoms with Gasteiger partial charge in [0, 0.05) is 0 Å². The molecule has 0 fully saturated rings. The second-order valence-corrected chi connectivity index (χ2v) is 5.80. The lowest BCUT2D eigenvalue weighted by Crippen LogP contribution is -2.52. The summed E-state index contributed by atoms with van der Waals surface area (Å²) in [5.74, 6) is 0. The third-order valence-corrected chi connectivity index (χ3v) is 3.47. The molecule has 0 aliphatic carbocycles. The molecule has 0 heterocycles. The summed E-state index contributed by atoms with van der Waals surface area (Å²) in [4.78, 5) is 0. The van der Waals surface area contributed by atoms with Crippen molar-refractivity contribution in [2.45, 2.75) is 70.4 Å². The summed E-state index contributed by atoms with van der Waals surface area (Å²) in [6.45, 7) is 8.83. The molecule has 0 rings (SSSR count). The van der Waals surface area contributed by atoms with Gasteiger partial charge in [-0.2, -0.15) is 0 Å². The first kappa shape index (κ1) is 16.2. The molecule has 0 radical (unpaired) electrons. The molecular weight excluding hydrogens is 226 g/mol. The third kappa shape index (κ3) is 5.04. The van der Waals surface area contributed by atoms with Crippen molar-refractivity contribution in [2.75, 3.05) is 0 Å². The van der Waals surface area contributed by atoms with E-state index < -0.39 is 23.6 Å². The van der Waals surface area contributed by atoms with Gasteiger partial charge >= 0.3 is 7.12 Å². The van der Waals surface area contributed by atoms with Gasteiger partial charge in [-0.15, -0.1) is 11.6 Å². The van der Waals surface area contributed by atoms with E-state index in [4.69, 9.17) is 16.3 Å². The molecule has 16 heavy (non-hydrogen) atoms. The summed E-state index contributed by atoms with van der Waals surface area (Å²) >= 11 is 6.01. The Morgan fingerprint density at radius 3 is 2.19 bits per heavy atom. The lowest BCUT2D eigenvalue weighted by Gasteiger charge is -2.39. The summed E-state index contributed by atoms with van der Waals surface area (Å²) in [5, 5.41) is 19.2. The van der Waals surface area contributed by atoms with Crippen molar-refractivity contribution < 1.29 is 14.8 Å². The molecule has 2 N–H and O–H groups in total. The van der Waals surface area contributed by atoms with Gasteiger partial charge in [-0.3, -0.25) is 0 Å². The van der Waals surface area contributed by atoms with Crippen LogP contribution in [0, 0.1) is 0 Å². The fraction of sp³-hybridized carbons (Fsp3) is 1.00. The minimum absolute atomic E-state index is 0.429. The molecule has 0 aromatic rings. The van der Waals surface area contributed by atoms with Gasteiger partial charge in [-0.05, 0) is 34.1 Å². The van der Waals surface area contributed by atoms with Crippen LogP contribution in [0.1, 0.15) is 53.9 Å². The molecule has 1 atom stereocenters. The highest BCUT2D eigenvalue weighted by Crippen LogP contribution is 2.27. The third-order valence-electron chi connectivity index (χ3n) is 3.03. The van der Waals surface area contributed by atoms with Crippen molar-refractivity contribution in [3.05, 3.63) is 0 Å². The highest BCUT2D eigenvalue weighted by molar-refractivity contribution is 6.58. The summed E-state index contributed by atoms with van der Waals surface area (Å²) in [7, 11) is -1.05. The van der Waals surface area contributed by atoms with E-state index in [9.17, 15) is 10.1 Å². The highest BCUT2D eigenvalue weighted by atomic mass is 35.5. The zero-order chi connectivity index (χ0) is 13.0. The lowest BCUT2D eigenvalue weighted by molar-refractivity contribution is -0.100. The monoisotopic (exact) mass is 250 g/mol. The summed E-state index contributed by atoms with van der Waals surface area (Å²) in [5.41, 5.74) is -1.87. The Morgan fingerprint density at radius 2 is 1.81 bits per heavy atom. The van der Waals surface area contributed by atoms with E-state index in [1.807, 2.05) is 0 Å². The predicted octanol–water partition coefficient (Wildman–Crippen LogP) is 2.37. The number of unbranched alkanes of at least 4 members (excludes halogenated alkanes) is 1. The van der Waals surface area contributed by atoms with Gasteiger partial charge < -0.3 is 14.8 Å². The molecule has 0 amide bonds. The minimum Gasteiger partial charge on any atom is -0.426 e. The number of halogens is 1. The Labute approximate surface area is 104 Å². The van der Waals surface area contributed by atoms with E-state index in [0.29, 0.717) is 6.42 Å². The van der Waals surface area contributed by atoms with Crippen molar-refractivity contribution in [3.8, 4) is 0 Å². The summed E-state index contributed by atoms with van der Waals surface area (Å²) in [6.07, 6.45) is 2.70. The molecule has 0 aliphatic rings. The molecule has 0 spiro atoms. The van der Waals surface area contributed by atoms with Crippen LogP contribution in [0.25, 0.3) is 0 Å². The smallest absolute Gasteiger partial charge is 0.426 e. The zero-order valence-electron chi connectivity index (χ0n) is 11.0. The van der Waals surface area contributed by atoms with Crippen LogP contribution in [0.3, 0.4) is 0 Å². The molecule has 0 saturated carbocycles. The Hall–Kier alpha value is 0.235. The zero-order valence-corrected chi connectivity index (χ0v) is 11.7. The molecule has 0 bridgehead atoms. The maximum atomic E-state index is 9.87. The van der Waals surface area contributed by atoms with E-state index in [0.717, 1.165) is 12.8 Å². The van der Waals surface area contributed by atoms with Crippen molar-refractivity contribution in [1.82, 2.24) is 0 Å². The molecule has 3 nitrogen and oxygen atoms in total. The fourth-order valence-corrected chi connectivity index (χ4v) is 1.27. The van der Waals surface area contributed by atoms with Crippen LogP contribution in [0.2, 0.25) is 0 Å². The number of rotatable bonds is 7. The maximum Gasteiger partial charge on any atom is 0.473 e. The number of hydrogen-bond donors (Lipinski definition) is 2. The van der Waals surface area contributed by atoms with Gasteiger partial charge in [-0.25, -0.2) is 0 Å². The molecule has 0 aromatic heterocycles. The minimum atomic E-state index is -1.05. The van der Waals surface area contributed by atoms with Crippen LogP contribution < -0.4 is 0 Å². The van der Waals surface area contributed by atoms with E-state index in [-0.39, 0.29) is 0 Å². The Bertz CT molecular complexity index is 204. The molecule has 0 saturated heterocycles. The molecule has 0 aromatic carbocycles. The van der Waals surface area contributed by atoms with Crippen molar-refractivity contribution in [3.63, 3.8) is 0 Å². The van der Waals surface area contributed by atoms with Gasteiger partial charge in [-0.1, -0.05) is 19.8 Å². The van der Waals surface area contributed by atoms with Gasteiger partial charge in [0.1, 0.15) is 0 Å². The standard InChI is InChI=1S/C11H24BClO3/c1-6-7-8-9(13)12(15)16-11(4,5)10(2,3)14/h9,14-15H,6-8H2,1-5H3. The fourth-order valence-electron chi connectivity index (χ4n) is 1.06. The average Bonchev–Trinajstić information content (AvgIpc) is 2.11. The van der Waals surface area contributed by atoms with Crippen LogP contribution in [-0.4, -0.2) is 33.7 Å². The number of aliphatic hydroxyl groups is 1. The largest absolute Gasteiger partial charge is 0.473 e. The van der Waals surface area contributed by atoms with Crippen LogP contribution in [0.5, 0.6) is 0 Å². The van der Waals surface area contributed by atoms with Crippen molar-refractivity contribution >= 4 is 18.7 Å². The van der Waals surface area contributed by atoms with Crippen LogP contribution in [0.4, 0.5) is 0 Å². The van der Waals surface area contributed by atoms with E-state index >= 15 is 0 Å². The summed E-state index contributed by atoms with van der Waals surface area (Å²) < 4.78 is 5.43. The Morgan fingerprint density at radius 1 is 1.31 bits per heavy atom. The van der Waals surface area contributed by atoms with Crippen LogP contribution >= 0.6 is 11.6 Å². The predicted molar refractivity (Wildman–Crippen MR) is 68.6 cm³/mol. The normalized spacial score (nSPS) is 15.0. The van der Waals surface area contributed by atoms with Crippen LogP contribution in [-0.2, 0) is 4.65 Å². The number of hydrogen-bond acceptors (Lipinski definition) is 3. The van der Waals surface area contributed by atoms with E-state index in [1.165, 1.54) is 0 Å². The first-order valence-corrected chi connectivity index (χ1v) is 6.27. The van der Waals surface area contributed by atoms with E-state index in [2.05, 4.69) is 6.92 Å². The van der Waals surface area contributed by atoms with E-state index in [1.54, 1.807) is 27.7 Å². The van der Waals surface area contributed by atoms with Crippen molar-refractivity contribution in [2.24, 2.45) is 0 Å². The Balaban J connectivity index is 4.27. The lowest BCUT2D eigenvalue weighted by atomic mass is 9.78. The second-order valence-electron chi connectivity index (χ2n) is 5.24.